The number of rotatable bonds is 4. The fourth-order valence-electron chi connectivity index (χ4n) is 6.52. The van der Waals surface area contributed by atoms with Crippen LogP contribution in [0.5, 0.6) is 0 Å². The summed E-state index contributed by atoms with van der Waals surface area (Å²) in [6.07, 6.45) is 2.16. The summed E-state index contributed by atoms with van der Waals surface area (Å²) in [7, 11) is 0. The summed E-state index contributed by atoms with van der Waals surface area (Å²) in [5.74, 6) is 0.658. The Morgan fingerprint density at radius 2 is 1.09 bits per heavy atom. The van der Waals surface area contributed by atoms with Crippen molar-refractivity contribution in [3.63, 3.8) is 0 Å². The Hall–Kier alpha value is -6.00. The molecule has 0 amide bonds. The number of para-hydroxylation sites is 3. The molecule has 0 spiro atoms. The maximum absolute atomic E-state index is 5.35. The van der Waals surface area contributed by atoms with E-state index in [9.17, 15) is 0 Å². The third kappa shape index (κ3) is 3.78. The predicted molar refractivity (Wildman–Crippen MR) is 182 cm³/mol. The van der Waals surface area contributed by atoms with Gasteiger partial charge in [-0.25, -0.2) is 9.97 Å². The summed E-state index contributed by atoms with van der Waals surface area (Å²) in [6.45, 7) is 0. The summed E-state index contributed by atoms with van der Waals surface area (Å²) in [5.41, 5.74) is 9.69. The van der Waals surface area contributed by atoms with Crippen molar-refractivity contribution < 1.29 is 0 Å². The summed E-state index contributed by atoms with van der Waals surface area (Å²) >= 11 is 0. The number of benzene rings is 6. The largest absolute Gasteiger partial charge is 0.315 e. The summed E-state index contributed by atoms with van der Waals surface area (Å²) < 4.78 is 4.53. The molecule has 9 aromatic rings. The van der Waals surface area contributed by atoms with E-state index in [1.807, 2.05) is 12.1 Å². The highest BCUT2D eigenvalue weighted by Gasteiger charge is 2.20. The molecule has 3 aromatic heterocycles. The van der Waals surface area contributed by atoms with E-state index in [1.165, 1.54) is 27.3 Å². The zero-order valence-electron chi connectivity index (χ0n) is 23.8. The molecule has 0 fully saturated rings. The van der Waals surface area contributed by atoms with Crippen LogP contribution in [0.3, 0.4) is 0 Å². The molecule has 0 radical (unpaired) electrons. The maximum Gasteiger partial charge on any atom is 0.235 e. The molecule has 6 aromatic carbocycles. The quantitative estimate of drug-likeness (QED) is 0.214. The van der Waals surface area contributed by atoms with E-state index in [1.54, 1.807) is 0 Å². The minimum Gasteiger partial charge on any atom is -0.315 e. The molecule has 44 heavy (non-hydrogen) atoms. The molecule has 3 heterocycles. The Morgan fingerprint density at radius 1 is 0.432 bits per heavy atom. The predicted octanol–water partition coefficient (Wildman–Crippen LogP) is 10.0. The molecule has 0 saturated carbocycles. The Morgan fingerprint density at radius 3 is 1.91 bits per heavy atom. The number of aromatic nitrogens is 4. The number of hydrogen-bond acceptors (Lipinski definition) is 2. The third-order valence-electron chi connectivity index (χ3n) is 8.58. The highest BCUT2D eigenvalue weighted by Crippen LogP contribution is 2.38. The summed E-state index contributed by atoms with van der Waals surface area (Å²) in [6, 6.07) is 53.2. The van der Waals surface area contributed by atoms with E-state index >= 15 is 0 Å². The average molecular weight is 563 g/mol. The monoisotopic (exact) mass is 562 g/mol. The normalized spacial score (nSPS) is 11.6. The van der Waals surface area contributed by atoms with E-state index in [0.29, 0.717) is 5.95 Å². The van der Waals surface area contributed by atoms with Crippen molar-refractivity contribution in [1.29, 1.82) is 0 Å². The first-order valence-electron chi connectivity index (χ1n) is 14.9. The Balaban J connectivity index is 1.34. The van der Waals surface area contributed by atoms with Crippen LogP contribution in [0.25, 0.3) is 77.6 Å². The fraction of sp³-hybridized carbons (Fsp3) is 0. The van der Waals surface area contributed by atoms with Crippen molar-refractivity contribution in [3.8, 4) is 34.0 Å². The van der Waals surface area contributed by atoms with Crippen molar-refractivity contribution in [1.82, 2.24) is 19.1 Å². The van der Waals surface area contributed by atoms with E-state index in [-0.39, 0.29) is 0 Å². The lowest BCUT2D eigenvalue weighted by Crippen LogP contribution is -2.04. The van der Waals surface area contributed by atoms with Crippen molar-refractivity contribution in [2.45, 2.75) is 0 Å². The molecular formula is C40H26N4. The van der Waals surface area contributed by atoms with Gasteiger partial charge in [0.1, 0.15) is 0 Å². The number of nitrogens with zero attached hydrogens (tertiary/aromatic N) is 4. The summed E-state index contributed by atoms with van der Waals surface area (Å²) in [5, 5.41) is 4.55. The van der Waals surface area contributed by atoms with Crippen molar-refractivity contribution in [3.05, 3.63) is 158 Å². The molecule has 0 atom stereocenters. The van der Waals surface area contributed by atoms with E-state index in [4.69, 9.17) is 9.97 Å². The molecule has 0 saturated heterocycles. The van der Waals surface area contributed by atoms with Crippen LogP contribution in [0.2, 0.25) is 0 Å². The average Bonchev–Trinajstić information content (AvgIpc) is 3.68. The zero-order chi connectivity index (χ0) is 29.0. The van der Waals surface area contributed by atoms with Gasteiger partial charge in [-0.3, -0.25) is 4.57 Å². The molecule has 9 rings (SSSR count). The molecule has 0 bridgehead atoms. The molecule has 0 aliphatic rings. The Kier molecular flexibility index (Phi) is 5.47. The van der Waals surface area contributed by atoms with Gasteiger partial charge in [-0.15, -0.1) is 0 Å². The van der Waals surface area contributed by atoms with Gasteiger partial charge in [0.05, 0.1) is 27.8 Å². The van der Waals surface area contributed by atoms with E-state index in [0.717, 1.165) is 44.4 Å². The van der Waals surface area contributed by atoms with Crippen LogP contribution >= 0.6 is 0 Å². The maximum atomic E-state index is 5.35. The van der Waals surface area contributed by atoms with Gasteiger partial charge in [-0.05, 0) is 41.5 Å². The summed E-state index contributed by atoms with van der Waals surface area (Å²) in [4.78, 5) is 10.6. The first-order valence-corrected chi connectivity index (χ1v) is 14.9. The van der Waals surface area contributed by atoms with E-state index in [2.05, 4.69) is 155 Å². The smallest absolute Gasteiger partial charge is 0.235 e. The first kappa shape index (κ1) is 24.6. The SMILES string of the molecule is c1ccc(-c2ccc(-c3nc(-n4c5ccccc5c5ccc6ccn(-c7ccccc7)c6c54)nc4ccccc34)cc2)cc1. The van der Waals surface area contributed by atoms with Crippen molar-refractivity contribution in [2.24, 2.45) is 0 Å². The van der Waals surface area contributed by atoms with Crippen molar-refractivity contribution >= 4 is 43.6 Å². The highest BCUT2D eigenvalue weighted by molar-refractivity contribution is 6.18. The van der Waals surface area contributed by atoms with Crippen molar-refractivity contribution in [2.75, 3.05) is 0 Å². The molecule has 0 unspecified atom stereocenters. The molecule has 4 nitrogen and oxygen atoms in total. The van der Waals surface area contributed by atoms with Gasteiger partial charge < -0.3 is 4.57 Å². The van der Waals surface area contributed by atoms with Crippen LogP contribution < -0.4 is 0 Å². The third-order valence-corrected chi connectivity index (χ3v) is 8.58. The van der Waals surface area contributed by atoms with Gasteiger partial charge in [0, 0.05) is 39.0 Å². The number of fused-ring (bicyclic) bond motifs is 6. The van der Waals surface area contributed by atoms with Gasteiger partial charge in [-0.2, -0.15) is 0 Å². The second kappa shape index (κ2) is 9.79. The Bertz CT molecular complexity index is 2470. The minimum atomic E-state index is 0.658. The van der Waals surface area contributed by atoms with Gasteiger partial charge in [0.25, 0.3) is 0 Å². The van der Waals surface area contributed by atoms with Crippen LogP contribution in [0, 0.1) is 0 Å². The van der Waals surface area contributed by atoms with Gasteiger partial charge in [0.15, 0.2) is 0 Å². The molecule has 0 aliphatic heterocycles. The molecule has 206 valence electrons. The second-order valence-electron chi connectivity index (χ2n) is 11.1. The lowest BCUT2D eigenvalue weighted by molar-refractivity contribution is 1.01. The van der Waals surface area contributed by atoms with Gasteiger partial charge >= 0.3 is 0 Å². The zero-order valence-corrected chi connectivity index (χ0v) is 23.8. The lowest BCUT2D eigenvalue weighted by atomic mass is 10.0. The van der Waals surface area contributed by atoms with Gasteiger partial charge in [0.2, 0.25) is 5.95 Å². The van der Waals surface area contributed by atoms with Crippen LogP contribution in [-0.4, -0.2) is 19.1 Å². The van der Waals surface area contributed by atoms with Crippen LogP contribution in [0.15, 0.2) is 158 Å². The topological polar surface area (TPSA) is 35.6 Å². The minimum absolute atomic E-state index is 0.658. The fourth-order valence-corrected chi connectivity index (χ4v) is 6.52. The van der Waals surface area contributed by atoms with E-state index < -0.39 is 0 Å². The molecule has 0 aliphatic carbocycles. The van der Waals surface area contributed by atoms with Gasteiger partial charge in [-0.1, -0.05) is 121 Å². The standard InChI is InChI=1S/C40H26N4/c1-3-11-27(12-4-1)28-19-21-29(22-20-28)37-34-16-7-9-17-35(34)41-40(42-37)44-36-18-10-8-15-32(36)33-24-23-30-25-26-43(38(30)39(33)44)31-13-5-2-6-14-31/h1-26H. The molecule has 4 heteroatoms. The van der Waals surface area contributed by atoms with Crippen LogP contribution in [0.4, 0.5) is 0 Å². The number of hydrogen-bond donors (Lipinski definition) is 0. The highest BCUT2D eigenvalue weighted by atomic mass is 15.2. The van der Waals surface area contributed by atoms with Crippen LogP contribution in [0.1, 0.15) is 0 Å². The Labute approximate surface area is 254 Å². The first-order chi connectivity index (χ1) is 21.8. The second-order valence-corrected chi connectivity index (χ2v) is 11.1. The van der Waals surface area contributed by atoms with Crippen LogP contribution in [-0.2, 0) is 0 Å². The molecular weight excluding hydrogens is 536 g/mol. The lowest BCUT2D eigenvalue weighted by Gasteiger charge is -2.13. The molecule has 0 N–H and O–H groups in total.